The summed E-state index contributed by atoms with van der Waals surface area (Å²) < 4.78 is 39.1. The highest BCUT2D eigenvalue weighted by Crippen LogP contribution is 2.42. The minimum atomic E-state index is -4.25. The highest BCUT2D eigenvalue weighted by molar-refractivity contribution is 6.18. The molecule has 1 heterocycles. The van der Waals surface area contributed by atoms with Gasteiger partial charge in [-0.05, 0) is 31.6 Å². The lowest BCUT2D eigenvalue weighted by atomic mass is 9.77. The Morgan fingerprint density at radius 1 is 1.10 bits per heavy atom. The van der Waals surface area contributed by atoms with Crippen molar-refractivity contribution < 1.29 is 18.0 Å². The summed E-state index contributed by atoms with van der Waals surface area (Å²) in [7, 11) is 0. The minimum absolute atomic E-state index is 0.0953. The van der Waals surface area contributed by atoms with Gasteiger partial charge in [-0.2, -0.15) is 13.2 Å². The molecular weight excluding hydrogens is 291 g/mol. The number of nitrogens with zero attached hydrogens (tertiary/aromatic N) is 1. The molecule has 2 aliphatic rings. The number of hydrogen-bond donors (Lipinski definition) is 0. The standard InChI is InChI=1S/C14H21ClF3NO/c15-9-10-5-7-19(8-6-10)13(20)11-3-1-2-4-12(11)14(16,17)18/h10-12H,1-9H2. The van der Waals surface area contributed by atoms with Crippen LogP contribution in [0.4, 0.5) is 13.2 Å². The van der Waals surface area contributed by atoms with Crippen molar-refractivity contribution in [3.63, 3.8) is 0 Å². The molecule has 0 aromatic carbocycles. The van der Waals surface area contributed by atoms with Crippen LogP contribution in [0.1, 0.15) is 38.5 Å². The molecule has 2 atom stereocenters. The van der Waals surface area contributed by atoms with E-state index in [4.69, 9.17) is 11.6 Å². The molecule has 1 saturated heterocycles. The summed E-state index contributed by atoms with van der Waals surface area (Å²) in [6.45, 7) is 1.11. The molecule has 20 heavy (non-hydrogen) atoms. The SMILES string of the molecule is O=C(C1CCCCC1C(F)(F)F)N1CCC(CCl)CC1. The Labute approximate surface area is 122 Å². The van der Waals surface area contributed by atoms with Crippen LogP contribution in [0.5, 0.6) is 0 Å². The second kappa shape index (κ2) is 6.54. The van der Waals surface area contributed by atoms with E-state index < -0.39 is 18.0 Å². The van der Waals surface area contributed by atoms with Crippen LogP contribution in [0, 0.1) is 17.8 Å². The molecule has 0 spiro atoms. The van der Waals surface area contributed by atoms with E-state index in [-0.39, 0.29) is 12.3 Å². The van der Waals surface area contributed by atoms with Gasteiger partial charge in [-0.15, -0.1) is 11.6 Å². The molecule has 1 aliphatic heterocycles. The summed E-state index contributed by atoms with van der Waals surface area (Å²) in [5.74, 6) is -1.65. The largest absolute Gasteiger partial charge is 0.392 e. The quantitative estimate of drug-likeness (QED) is 0.710. The van der Waals surface area contributed by atoms with Gasteiger partial charge < -0.3 is 4.90 Å². The third-order valence-corrected chi connectivity index (χ3v) is 5.08. The molecule has 1 saturated carbocycles. The predicted molar refractivity (Wildman–Crippen MR) is 71.5 cm³/mol. The summed E-state index contributed by atoms with van der Waals surface area (Å²) in [5, 5.41) is 0. The number of carbonyl (C=O) groups excluding carboxylic acids is 1. The van der Waals surface area contributed by atoms with Crippen LogP contribution < -0.4 is 0 Å². The molecule has 0 radical (unpaired) electrons. The number of halogens is 4. The van der Waals surface area contributed by atoms with E-state index >= 15 is 0 Å². The fraction of sp³-hybridized carbons (Fsp3) is 0.929. The van der Waals surface area contributed by atoms with Gasteiger partial charge in [0.2, 0.25) is 5.91 Å². The first-order chi connectivity index (χ1) is 9.43. The van der Waals surface area contributed by atoms with Gasteiger partial charge in [0.1, 0.15) is 0 Å². The lowest BCUT2D eigenvalue weighted by Gasteiger charge is -2.38. The maximum atomic E-state index is 13.0. The monoisotopic (exact) mass is 311 g/mol. The molecule has 1 amide bonds. The van der Waals surface area contributed by atoms with Crippen LogP contribution in [0.25, 0.3) is 0 Å². The van der Waals surface area contributed by atoms with E-state index in [0.29, 0.717) is 37.7 Å². The molecule has 0 aromatic rings. The molecule has 6 heteroatoms. The van der Waals surface area contributed by atoms with Gasteiger partial charge in [-0.1, -0.05) is 12.8 Å². The summed E-state index contributed by atoms with van der Waals surface area (Å²) in [5.41, 5.74) is 0. The molecule has 116 valence electrons. The molecule has 2 fully saturated rings. The van der Waals surface area contributed by atoms with Crippen molar-refractivity contribution in [3.05, 3.63) is 0 Å². The fourth-order valence-corrected chi connectivity index (χ4v) is 3.67. The van der Waals surface area contributed by atoms with E-state index in [9.17, 15) is 18.0 Å². The Kier molecular flexibility index (Phi) is 5.21. The second-order valence-electron chi connectivity index (χ2n) is 5.96. The number of hydrogen-bond acceptors (Lipinski definition) is 1. The van der Waals surface area contributed by atoms with Gasteiger partial charge in [0.15, 0.2) is 0 Å². The van der Waals surface area contributed by atoms with Crippen LogP contribution in [0.3, 0.4) is 0 Å². The number of carbonyl (C=O) groups is 1. The third-order valence-electron chi connectivity index (χ3n) is 4.65. The van der Waals surface area contributed by atoms with E-state index in [1.54, 1.807) is 4.90 Å². The molecule has 0 bridgehead atoms. The van der Waals surface area contributed by atoms with Crippen molar-refractivity contribution in [2.75, 3.05) is 19.0 Å². The Bertz CT molecular complexity index is 340. The zero-order chi connectivity index (χ0) is 14.8. The van der Waals surface area contributed by atoms with Crippen LogP contribution in [-0.2, 0) is 4.79 Å². The van der Waals surface area contributed by atoms with Crippen LogP contribution in [-0.4, -0.2) is 36.0 Å². The van der Waals surface area contributed by atoms with E-state index in [0.717, 1.165) is 19.3 Å². The van der Waals surface area contributed by atoms with Crippen LogP contribution in [0.2, 0.25) is 0 Å². The van der Waals surface area contributed by atoms with Crippen molar-refractivity contribution in [2.24, 2.45) is 17.8 Å². The average Bonchev–Trinajstić information content (AvgIpc) is 2.46. The average molecular weight is 312 g/mol. The lowest BCUT2D eigenvalue weighted by Crippen LogP contribution is -2.47. The fourth-order valence-electron chi connectivity index (χ4n) is 3.36. The normalized spacial score (nSPS) is 29.5. The Hall–Kier alpha value is -0.450. The van der Waals surface area contributed by atoms with Gasteiger partial charge in [-0.3, -0.25) is 4.79 Å². The maximum absolute atomic E-state index is 13.0. The highest BCUT2D eigenvalue weighted by atomic mass is 35.5. The van der Waals surface area contributed by atoms with Gasteiger partial charge in [-0.25, -0.2) is 0 Å². The van der Waals surface area contributed by atoms with Gasteiger partial charge >= 0.3 is 6.18 Å². The third kappa shape index (κ3) is 3.60. The highest BCUT2D eigenvalue weighted by Gasteiger charge is 2.49. The van der Waals surface area contributed by atoms with E-state index in [2.05, 4.69) is 0 Å². The molecule has 2 nitrogen and oxygen atoms in total. The minimum Gasteiger partial charge on any atom is -0.342 e. The van der Waals surface area contributed by atoms with Crippen molar-refractivity contribution in [1.29, 1.82) is 0 Å². The zero-order valence-electron chi connectivity index (χ0n) is 11.5. The van der Waals surface area contributed by atoms with Gasteiger partial charge in [0.25, 0.3) is 0 Å². The smallest absolute Gasteiger partial charge is 0.342 e. The summed E-state index contributed by atoms with van der Waals surface area (Å²) in [6, 6.07) is 0. The van der Waals surface area contributed by atoms with Gasteiger partial charge in [0, 0.05) is 24.9 Å². The molecule has 2 unspecified atom stereocenters. The first kappa shape index (κ1) is 15.9. The second-order valence-corrected chi connectivity index (χ2v) is 6.27. The summed E-state index contributed by atoms with van der Waals surface area (Å²) >= 11 is 5.79. The molecule has 0 aromatic heterocycles. The van der Waals surface area contributed by atoms with Crippen molar-refractivity contribution in [2.45, 2.75) is 44.7 Å². The predicted octanol–water partition coefficient (Wildman–Crippen LogP) is 3.83. The van der Waals surface area contributed by atoms with Crippen molar-refractivity contribution in [3.8, 4) is 0 Å². The Balaban J connectivity index is 2.00. The molecule has 2 rings (SSSR count). The number of alkyl halides is 4. The first-order valence-corrected chi connectivity index (χ1v) is 7.88. The first-order valence-electron chi connectivity index (χ1n) is 7.35. The van der Waals surface area contributed by atoms with Crippen molar-refractivity contribution >= 4 is 17.5 Å². The molecule has 0 N–H and O–H groups in total. The topological polar surface area (TPSA) is 20.3 Å². The van der Waals surface area contributed by atoms with Crippen LogP contribution in [0.15, 0.2) is 0 Å². The van der Waals surface area contributed by atoms with Crippen molar-refractivity contribution in [1.82, 2.24) is 4.90 Å². The number of amides is 1. The molecule has 1 aliphatic carbocycles. The Morgan fingerprint density at radius 2 is 1.70 bits per heavy atom. The number of piperidine rings is 1. The van der Waals surface area contributed by atoms with Gasteiger partial charge in [0.05, 0.1) is 5.92 Å². The lowest BCUT2D eigenvalue weighted by molar-refractivity contribution is -0.201. The summed E-state index contributed by atoms with van der Waals surface area (Å²) in [4.78, 5) is 14.0. The summed E-state index contributed by atoms with van der Waals surface area (Å²) in [6.07, 6.45) is -0.883. The van der Waals surface area contributed by atoms with Crippen LogP contribution >= 0.6 is 11.6 Å². The van der Waals surface area contributed by atoms with E-state index in [1.807, 2.05) is 0 Å². The zero-order valence-corrected chi connectivity index (χ0v) is 12.2. The maximum Gasteiger partial charge on any atom is 0.392 e. The van der Waals surface area contributed by atoms with E-state index in [1.165, 1.54) is 0 Å². The molecular formula is C14H21ClF3NO. The Morgan fingerprint density at radius 3 is 2.25 bits per heavy atom. The number of rotatable bonds is 2. The number of likely N-dealkylation sites (tertiary alicyclic amines) is 1.